The lowest BCUT2D eigenvalue weighted by Crippen LogP contribution is -2.31. The van der Waals surface area contributed by atoms with Crippen LogP contribution in [0.1, 0.15) is 26.7 Å². The molecule has 0 N–H and O–H groups in total. The van der Waals surface area contributed by atoms with Crippen molar-refractivity contribution in [2.45, 2.75) is 32.8 Å². The molecule has 0 atom stereocenters. The van der Waals surface area contributed by atoms with Crippen LogP contribution in [0.3, 0.4) is 0 Å². The highest BCUT2D eigenvalue weighted by Gasteiger charge is 2.41. The van der Waals surface area contributed by atoms with Gasteiger partial charge in [-0.25, -0.2) is 0 Å². The van der Waals surface area contributed by atoms with Crippen LogP contribution in [-0.2, 0) is 4.74 Å². The number of rotatable bonds is 7. The van der Waals surface area contributed by atoms with Crippen molar-refractivity contribution in [3.63, 3.8) is 0 Å². The Hall–Kier alpha value is 0.400. The van der Waals surface area contributed by atoms with Crippen LogP contribution < -0.4 is 0 Å². The Morgan fingerprint density at radius 1 is 1.43 bits per heavy atom. The van der Waals surface area contributed by atoms with Gasteiger partial charge in [0.05, 0.1) is 12.7 Å². The van der Waals surface area contributed by atoms with E-state index in [-0.39, 0.29) is 0 Å². The van der Waals surface area contributed by atoms with Crippen molar-refractivity contribution >= 4 is 15.9 Å². The normalized spacial score (nSPS) is 19.3. The van der Waals surface area contributed by atoms with Gasteiger partial charge in [-0.3, -0.25) is 0 Å². The molecule has 84 valence electrons. The van der Waals surface area contributed by atoms with Crippen molar-refractivity contribution in [2.75, 3.05) is 32.1 Å². The average Bonchev–Trinajstić information content (AvgIpc) is 2.85. The van der Waals surface area contributed by atoms with E-state index in [0.29, 0.717) is 11.5 Å². The fourth-order valence-corrected chi connectivity index (χ4v) is 2.34. The summed E-state index contributed by atoms with van der Waals surface area (Å²) in [5.74, 6) is 0. The van der Waals surface area contributed by atoms with Crippen molar-refractivity contribution in [3.8, 4) is 0 Å². The van der Waals surface area contributed by atoms with E-state index in [9.17, 15) is 0 Å². The van der Waals surface area contributed by atoms with E-state index in [1.54, 1.807) is 0 Å². The third-order valence-corrected chi connectivity index (χ3v) is 3.96. The Balaban J connectivity index is 2.07. The molecule has 0 amide bonds. The predicted molar refractivity (Wildman–Crippen MR) is 64.0 cm³/mol. The van der Waals surface area contributed by atoms with Crippen molar-refractivity contribution < 1.29 is 4.74 Å². The Kier molecular flexibility index (Phi) is 4.88. The molecule has 1 aliphatic rings. The van der Waals surface area contributed by atoms with Crippen LogP contribution in [0.25, 0.3) is 0 Å². The number of hydrogen-bond acceptors (Lipinski definition) is 2. The van der Waals surface area contributed by atoms with E-state index in [2.05, 4.69) is 41.7 Å². The third-order valence-electron chi connectivity index (χ3n) is 2.77. The Labute approximate surface area is 96.1 Å². The predicted octanol–water partition coefficient (Wildman–Crippen LogP) is 2.52. The standard InChI is InChI=1S/C11H22BrNO/c1-10(2)14-7-6-13(3)9-11(8-12)4-5-11/h10H,4-9H2,1-3H3. The maximum atomic E-state index is 5.53. The summed E-state index contributed by atoms with van der Waals surface area (Å²) in [6.45, 7) is 7.28. The van der Waals surface area contributed by atoms with E-state index in [0.717, 1.165) is 18.5 Å². The summed E-state index contributed by atoms with van der Waals surface area (Å²) in [7, 11) is 2.19. The monoisotopic (exact) mass is 263 g/mol. The average molecular weight is 264 g/mol. The Bertz CT molecular complexity index is 169. The molecular weight excluding hydrogens is 242 g/mol. The number of hydrogen-bond donors (Lipinski definition) is 0. The molecule has 1 saturated carbocycles. The molecule has 1 rings (SSSR count). The minimum Gasteiger partial charge on any atom is -0.377 e. The van der Waals surface area contributed by atoms with Gasteiger partial charge in [0.1, 0.15) is 0 Å². The fourth-order valence-electron chi connectivity index (χ4n) is 1.61. The largest absolute Gasteiger partial charge is 0.377 e. The van der Waals surface area contributed by atoms with Gasteiger partial charge in [-0.05, 0) is 39.2 Å². The summed E-state index contributed by atoms with van der Waals surface area (Å²) < 4.78 is 5.53. The molecule has 0 unspecified atom stereocenters. The molecule has 0 aromatic heterocycles. The first-order valence-electron chi connectivity index (χ1n) is 5.44. The first-order chi connectivity index (χ1) is 6.58. The molecule has 0 aromatic rings. The van der Waals surface area contributed by atoms with E-state index < -0.39 is 0 Å². The molecule has 0 aliphatic heterocycles. The van der Waals surface area contributed by atoms with Crippen LogP contribution in [0.15, 0.2) is 0 Å². The van der Waals surface area contributed by atoms with Gasteiger partial charge in [0, 0.05) is 18.4 Å². The summed E-state index contributed by atoms with van der Waals surface area (Å²) in [4.78, 5) is 2.39. The zero-order valence-corrected chi connectivity index (χ0v) is 11.1. The van der Waals surface area contributed by atoms with Gasteiger partial charge < -0.3 is 9.64 Å². The van der Waals surface area contributed by atoms with Crippen LogP contribution in [0.5, 0.6) is 0 Å². The summed E-state index contributed by atoms with van der Waals surface area (Å²) in [6, 6.07) is 0. The SMILES string of the molecule is CC(C)OCCN(C)CC1(CBr)CC1. The molecule has 0 bridgehead atoms. The number of alkyl halides is 1. The Morgan fingerprint density at radius 3 is 2.50 bits per heavy atom. The maximum Gasteiger partial charge on any atom is 0.0596 e. The van der Waals surface area contributed by atoms with Gasteiger partial charge in [0.15, 0.2) is 0 Å². The summed E-state index contributed by atoms with van der Waals surface area (Å²) in [6.07, 6.45) is 3.12. The summed E-state index contributed by atoms with van der Waals surface area (Å²) >= 11 is 3.60. The number of nitrogens with zero attached hydrogens (tertiary/aromatic N) is 1. The van der Waals surface area contributed by atoms with Gasteiger partial charge in [0.25, 0.3) is 0 Å². The highest BCUT2D eigenvalue weighted by atomic mass is 79.9. The van der Waals surface area contributed by atoms with Gasteiger partial charge in [-0.15, -0.1) is 0 Å². The number of ether oxygens (including phenoxy) is 1. The van der Waals surface area contributed by atoms with Gasteiger partial charge in [-0.2, -0.15) is 0 Å². The molecule has 1 fully saturated rings. The quantitative estimate of drug-likeness (QED) is 0.655. The van der Waals surface area contributed by atoms with Crippen LogP contribution in [0.4, 0.5) is 0 Å². The van der Waals surface area contributed by atoms with Crippen molar-refractivity contribution in [1.82, 2.24) is 4.90 Å². The van der Waals surface area contributed by atoms with E-state index in [4.69, 9.17) is 4.74 Å². The molecule has 1 aliphatic carbocycles. The zero-order chi connectivity index (χ0) is 10.6. The molecule has 0 heterocycles. The van der Waals surface area contributed by atoms with Crippen molar-refractivity contribution in [2.24, 2.45) is 5.41 Å². The fraction of sp³-hybridized carbons (Fsp3) is 1.00. The molecule has 3 heteroatoms. The lowest BCUT2D eigenvalue weighted by Gasteiger charge is -2.22. The molecule has 0 spiro atoms. The van der Waals surface area contributed by atoms with Gasteiger partial charge >= 0.3 is 0 Å². The second-order valence-corrected chi connectivity index (χ2v) is 5.35. The smallest absolute Gasteiger partial charge is 0.0596 e. The summed E-state index contributed by atoms with van der Waals surface area (Å²) in [5, 5.41) is 1.15. The lowest BCUT2D eigenvalue weighted by atomic mass is 10.1. The second-order valence-electron chi connectivity index (χ2n) is 4.79. The number of likely N-dealkylation sites (N-methyl/N-ethyl adjacent to an activating group) is 1. The molecule has 14 heavy (non-hydrogen) atoms. The zero-order valence-electron chi connectivity index (χ0n) is 9.55. The first kappa shape index (κ1) is 12.5. The number of halogens is 1. The third kappa shape index (κ3) is 4.28. The van der Waals surface area contributed by atoms with E-state index in [1.165, 1.54) is 19.4 Å². The topological polar surface area (TPSA) is 12.5 Å². The molecule has 0 aromatic carbocycles. The van der Waals surface area contributed by atoms with Crippen molar-refractivity contribution in [3.05, 3.63) is 0 Å². The molecular formula is C11H22BrNO. The van der Waals surface area contributed by atoms with Crippen molar-refractivity contribution in [1.29, 1.82) is 0 Å². The lowest BCUT2D eigenvalue weighted by molar-refractivity contribution is 0.0611. The van der Waals surface area contributed by atoms with E-state index >= 15 is 0 Å². The molecule has 0 radical (unpaired) electrons. The highest BCUT2D eigenvalue weighted by molar-refractivity contribution is 9.09. The molecule has 0 saturated heterocycles. The summed E-state index contributed by atoms with van der Waals surface area (Å²) in [5.41, 5.74) is 0.590. The second kappa shape index (κ2) is 5.47. The Morgan fingerprint density at radius 2 is 2.07 bits per heavy atom. The van der Waals surface area contributed by atoms with Gasteiger partial charge in [-0.1, -0.05) is 15.9 Å². The van der Waals surface area contributed by atoms with Crippen LogP contribution in [-0.4, -0.2) is 43.1 Å². The first-order valence-corrected chi connectivity index (χ1v) is 6.56. The molecule has 2 nitrogen and oxygen atoms in total. The highest BCUT2D eigenvalue weighted by Crippen LogP contribution is 2.47. The minimum absolute atomic E-state index is 0.356. The maximum absolute atomic E-state index is 5.53. The minimum atomic E-state index is 0.356. The van der Waals surface area contributed by atoms with Crippen LogP contribution in [0.2, 0.25) is 0 Å². The van der Waals surface area contributed by atoms with E-state index in [1.807, 2.05) is 0 Å². The van der Waals surface area contributed by atoms with Crippen LogP contribution >= 0.6 is 15.9 Å². The van der Waals surface area contributed by atoms with Gasteiger partial charge in [0.2, 0.25) is 0 Å². The van der Waals surface area contributed by atoms with Crippen LogP contribution in [0, 0.1) is 5.41 Å².